The van der Waals surface area contributed by atoms with Crippen molar-refractivity contribution in [1.29, 1.82) is 0 Å². The topological polar surface area (TPSA) is 46.6 Å². The Morgan fingerprint density at radius 1 is 1.44 bits per heavy atom. The molecule has 0 amide bonds. The van der Waals surface area contributed by atoms with E-state index in [-0.39, 0.29) is 6.04 Å². The number of nitrogens with two attached hydrogens (primary N) is 1. The lowest BCUT2D eigenvalue weighted by Crippen LogP contribution is -2.27. The summed E-state index contributed by atoms with van der Waals surface area (Å²) in [5.74, 6) is 0.936. The summed E-state index contributed by atoms with van der Waals surface area (Å²) in [7, 11) is 0. The molecule has 0 radical (unpaired) electrons. The highest BCUT2D eigenvalue weighted by atomic mass is 35.5. The van der Waals surface area contributed by atoms with Crippen LogP contribution in [-0.2, 0) is 0 Å². The maximum Gasteiger partial charge on any atom is 0.154 e. The van der Waals surface area contributed by atoms with Crippen molar-refractivity contribution in [2.45, 2.75) is 12.5 Å². The Morgan fingerprint density at radius 3 is 3.06 bits per heavy atom. The van der Waals surface area contributed by atoms with Crippen LogP contribution in [0.25, 0.3) is 5.52 Å². The van der Waals surface area contributed by atoms with Crippen molar-refractivity contribution in [2.24, 2.45) is 5.73 Å². The van der Waals surface area contributed by atoms with Crippen molar-refractivity contribution < 1.29 is 0 Å². The van der Waals surface area contributed by atoms with Crippen molar-refractivity contribution in [3.63, 3.8) is 0 Å². The Kier molecular flexibility index (Phi) is 2.26. The molecule has 1 saturated heterocycles. The summed E-state index contributed by atoms with van der Waals surface area (Å²) in [5.41, 5.74) is 6.88. The molecule has 1 aliphatic rings. The van der Waals surface area contributed by atoms with Crippen LogP contribution < -0.4 is 10.6 Å². The van der Waals surface area contributed by atoms with Gasteiger partial charge in [-0.3, -0.25) is 0 Å². The molecule has 0 bridgehead atoms. The summed E-state index contributed by atoms with van der Waals surface area (Å²) in [6.07, 6.45) is 6.66. The van der Waals surface area contributed by atoms with Gasteiger partial charge in [0.1, 0.15) is 5.52 Å². The molecule has 1 atom stereocenters. The van der Waals surface area contributed by atoms with E-state index in [2.05, 4.69) is 9.88 Å². The minimum absolute atomic E-state index is 0.246. The first-order valence-corrected chi connectivity index (χ1v) is 5.75. The standard InChI is InChI=1S/C11H13ClN4/c12-9-2-5-15-6-3-14-11(10(9)15)16-4-1-8(13)7-16/h2-3,5-6,8H,1,4,7,13H2/t8-/m0/s1. The van der Waals surface area contributed by atoms with Gasteiger partial charge in [0, 0.05) is 37.7 Å². The van der Waals surface area contributed by atoms with E-state index in [4.69, 9.17) is 17.3 Å². The van der Waals surface area contributed by atoms with Gasteiger partial charge in [0.05, 0.1) is 5.02 Å². The number of halogens is 1. The van der Waals surface area contributed by atoms with Gasteiger partial charge in [0.25, 0.3) is 0 Å². The Bertz CT molecular complexity index is 522. The molecule has 84 valence electrons. The lowest BCUT2D eigenvalue weighted by Gasteiger charge is -2.18. The molecule has 0 saturated carbocycles. The maximum absolute atomic E-state index is 6.17. The largest absolute Gasteiger partial charge is 0.353 e. The molecule has 3 heterocycles. The third kappa shape index (κ3) is 1.45. The molecule has 2 aromatic rings. The van der Waals surface area contributed by atoms with E-state index in [9.17, 15) is 0 Å². The van der Waals surface area contributed by atoms with Crippen LogP contribution in [0.1, 0.15) is 6.42 Å². The van der Waals surface area contributed by atoms with Crippen molar-refractivity contribution in [3.05, 3.63) is 29.7 Å². The monoisotopic (exact) mass is 236 g/mol. The molecule has 16 heavy (non-hydrogen) atoms. The Balaban J connectivity index is 2.12. The highest BCUT2D eigenvalue weighted by molar-refractivity contribution is 6.34. The zero-order valence-corrected chi connectivity index (χ0v) is 9.56. The Hall–Kier alpha value is -1.26. The molecular formula is C11H13ClN4. The fourth-order valence-electron chi connectivity index (χ4n) is 2.22. The van der Waals surface area contributed by atoms with Gasteiger partial charge in [-0.25, -0.2) is 4.98 Å². The third-order valence-corrected chi connectivity index (χ3v) is 3.33. The van der Waals surface area contributed by atoms with E-state index >= 15 is 0 Å². The molecule has 4 nitrogen and oxygen atoms in total. The number of rotatable bonds is 1. The smallest absolute Gasteiger partial charge is 0.154 e. The van der Waals surface area contributed by atoms with Gasteiger partial charge in [0.2, 0.25) is 0 Å². The van der Waals surface area contributed by atoms with Gasteiger partial charge in [-0.05, 0) is 12.5 Å². The van der Waals surface area contributed by atoms with Gasteiger partial charge in [-0.15, -0.1) is 0 Å². The third-order valence-electron chi connectivity index (χ3n) is 3.03. The van der Waals surface area contributed by atoms with Crippen LogP contribution in [0.3, 0.4) is 0 Å². The fraction of sp³-hybridized carbons (Fsp3) is 0.364. The molecular weight excluding hydrogens is 224 g/mol. The molecule has 0 aliphatic carbocycles. The molecule has 1 fully saturated rings. The van der Waals surface area contributed by atoms with E-state index in [1.807, 2.05) is 22.9 Å². The quantitative estimate of drug-likeness (QED) is 0.817. The van der Waals surface area contributed by atoms with Crippen molar-refractivity contribution in [3.8, 4) is 0 Å². The van der Waals surface area contributed by atoms with E-state index < -0.39 is 0 Å². The first kappa shape index (κ1) is 9.93. The van der Waals surface area contributed by atoms with Gasteiger partial charge in [-0.2, -0.15) is 0 Å². The van der Waals surface area contributed by atoms with Crippen LogP contribution in [0.4, 0.5) is 5.82 Å². The van der Waals surface area contributed by atoms with E-state index in [0.29, 0.717) is 0 Å². The lowest BCUT2D eigenvalue weighted by molar-refractivity contribution is 0.751. The Labute approximate surface area is 98.6 Å². The number of fused-ring (bicyclic) bond motifs is 1. The summed E-state index contributed by atoms with van der Waals surface area (Å²) in [6.45, 7) is 1.81. The van der Waals surface area contributed by atoms with Gasteiger partial charge < -0.3 is 15.0 Å². The summed E-state index contributed by atoms with van der Waals surface area (Å²) >= 11 is 6.17. The summed E-state index contributed by atoms with van der Waals surface area (Å²) < 4.78 is 1.99. The number of nitrogens with zero attached hydrogens (tertiary/aromatic N) is 3. The summed E-state index contributed by atoms with van der Waals surface area (Å²) in [6, 6.07) is 2.13. The maximum atomic E-state index is 6.17. The minimum Gasteiger partial charge on any atom is -0.353 e. The molecule has 3 rings (SSSR count). The molecule has 0 spiro atoms. The minimum atomic E-state index is 0.246. The zero-order valence-electron chi connectivity index (χ0n) is 8.81. The zero-order chi connectivity index (χ0) is 11.1. The molecule has 1 aliphatic heterocycles. The second kappa shape index (κ2) is 3.64. The number of anilines is 1. The number of hydrogen-bond donors (Lipinski definition) is 1. The average molecular weight is 237 g/mol. The molecule has 2 aromatic heterocycles. The molecule has 5 heteroatoms. The summed E-state index contributed by atoms with van der Waals surface area (Å²) in [4.78, 5) is 6.62. The second-order valence-corrected chi connectivity index (χ2v) is 4.57. The lowest BCUT2D eigenvalue weighted by atomic mass is 10.3. The van der Waals surface area contributed by atoms with Crippen LogP contribution in [0.2, 0.25) is 5.02 Å². The second-order valence-electron chi connectivity index (χ2n) is 4.17. The predicted octanol–water partition coefficient (Wildman–Crippen LogP) is 1.53. The molecule has 0 unspecified atom stereocenters. The summed E-state index contributed by atoms with van der Waals surface area (Å²) in [5, 5.41) is 0.739. The highest BCUT2D eigenvalue weighted by Gasteiger charge is 2.22. The molecule has 2 N–H and O–H groups in total. The van der Waals surface area contributed by atoms with Crippen molar-refractivity contribution >= 4 is 22.9 Å². The Morgan fingerprint density at radius 2 is 2.31 bits per heavy atom. The van der Waals surface area contributed by atoms with Crippen LogP contribution >= 0.6 is 11.6 Å². The van der Waals surface area contributed by atoms with E-state index in [1.165, 1.54) is 0 Å². The van der Waals surface area contributed by atoms with Crippen molar-refractivity contribution in [1.82, 2.24) is 9.38 Å². The van der Waals surface area contributed by atoms with Gasteiger partial charge in [-0.1, -0.05) is 11.6 Å². The van der Waals surface area contributed by atoms with E-state index in [1.54, 1.807) is 6.20 Å². The van der Waals surface area contributed by atoms with Crippen LogP contribution in [0, 0.1) is 0 Å². The average Bonchev–Trinajstić information content (AvgIpc) is 2.86. The highest BCUT2D eigenvalue weighted by Crippen LogP contribution is 2.28. The first-order chi connectivity index (χ1) is 7.75. The van der Waals surface area contributed by atoms with Crippen LogP contribution in [0.15, 0.2) is 24.7 Å². The van der Waals surface area contributed by atoms with Crippen LogP contribution in [0.5, 0.6) is 0 Å². The number of aromatic nitrogens is 2. The number of hydrogen-bond acceptors (Lipinski definition) is 3. The van der Waals surface area contributed by atoms with Crippen LogP contribution in [-0.4, -0.2) is 28.5 Å². The normalized spacial score (nSPS) is 20.9. The fourth-order valence-corrected chi connectivity index (χ4v) is 2.46. The van der Waals surface area contributed by atoms with E-state index in [0.717, 1.165) is 35.9 Å². The molecule has 0 aromatic carbocycles. The predicted molar refractivity (Wildman–Crippen MR) is 65.0 cm³/mol. The first-order valence-electron chi connectivity index (χ1n) is 5.37. The van der Waals surface area contributed by atoms with Crippen molar-refractivity contribution in [2.75, 3.05) is 18.0 Å². The van der Waals surface area contributed by atoms with Gasteiger partial charge in [0.15, 0.2) is 5.82 Å². The van der Waals surface area contributed by atoms with Gasteiger partial charge >= 0.3 is 0 Å². The SMILES string of the molecule is N[C@H]1CCN(c2nccn3ccc(Cl)c23)C1.